The Morgan fingerprint density at radius 2 is 1.45 bits per heavy atom. The van der Waals surface area contributed by atoms with Crippen LogP contribution in [0, 0.1) is 6.92 Å². The first-order valence-electron chi connectivity index (χ1n) is 7.00. The Balaban J connectivity index is 1.46. The standard InChI is InChI=1S/C17H16N2O3/c1-13-2-6-15(7-3-13)20-10-11-21-16-8-4-14(5-9-16)17-19-18-12-22-17/h2-9,12H,10-11H2,1H3. The number of nitrogens with zero attached hydrogens (tertiary/aromatic N) is 2. The first kappa shape index (κ1) is 14.1. The first-order chi connectivity index (χ1) is 10.8. The minimum atomic E-state index is 0.480. The molecule has 0 unspecified atom stereocenters. The molecule has 0 N–H and O–H groups in total. The summed E-state index contributed by atoms with van der Waals surface area (Å²) in [5.41, 5.74) is 2.07. The van der Waals surface area contributed by atoms with Gasteiger partial charge in [-0.2, -0.15) is 0 Å². The second-order valence-electron chi connectivity index (χ2n) is 4.78. The molecular weight excluding hydrogens is 280 g/mol. The molecule has 1 aromatic heterocycles. The summed E-state index contributed by atoms with van der Waals surface area (Å²) in [7, 11) is 0. The molecule has 0 saturated carbocycles. The molecule has 3 aromatic rings. The molecule has 0 aliphatic carbocycles. The van der Waals surface area contributed by atoms with Gasteiger partial charge in [0.25, 0.3) is 0 Å². The molecule has 5 nitrogen and oxygen atoms in total. The molecule has 1 heterocycles. The van der Waals surface area contributed by atoms with Gasteiger partial charge in [0.05, 0.1) is 0 Å². The summed E-state index contributed by atoms with van der Waals surface area (Å²) in [6, 6.07) is 15.4. The van der Waals surface area contributed by atoms with Gasteiger partial charge in [0, 0.05) is 5.56 Å². The van der Waals surface area contributed by atoms with Crippen LogP contribution in [-0.2, 0) is 0 Å². The zero-order valence-electron chi connectivity index (χ0n) is 12.2. The lowest BCUT2D eigenvalue weighted by molar-refractivity contribution is 0.217. The molecule has 22 heavy (non-hydrogen) atoms. The average Bonchev–Trinajstić information content (AvgIpc) is 3.08. The maximum Gasteiger partial charge on any atom is 0.247 e. The molecule has 0 aliphatic rings. The van der Waals surface area contributed by atoms with Crippen LogP contribution in [0.2, 0.25) is 0 Å². The number of hydrogen-bond acceptors (Lipinski definition) is 5. The Hall–Kier alpha value is -2.82. The molecule has 5 heteroatoms. The average molecular weight is 296 g/mol. The Morgan fingerprint density at radius 1 is 0.864 bits per heavy atom. The summed E-state index contributed by atoms with van der Waals surface area (Å²) < 4.78 is 16.4. The van der Waals surface area contributed by atoms with Crippen LogP contribution in [-0.4, -0.2) is 23.4 Å². The second kappa shape index (κ2) is 6.76. The van der Waals surface area contributed by atoms with Crippen LogP contribution in [0.25, 0.3) is 11.5 Å². The molecule has 0 fully saturated rings. The summed E-state index contributed by atoms with van der Waals surface area (Å²) in [6.07, 6.45) is 1.31. The quantitative estimate of drug-likeness (QED) is 0.652. The van der Waals surface area contributed by atoms with Gasteiger partial charge in [-0.15, -0.1) is 10.2 Å². The highest BCUT2D eigenvalue weighted by Gasteiger charge is 2.03. The van der Waals surface area contributed by atoms with Crippen molar-refractivity contribution in [1.82, 2.24) is 10.2 Å². The third kappa shape index (κ3) is 3.63. The maximum atomic E-state index is 5.63. The Kier molecular flexibility index (Phi) is 4.34. The molecule has 0 saturated heterocycles. The fourth-order valence-electron chi connectivity index (χ4n) is 1.95. The Bertz CT molecular complexity index is 692. The molecule has 0 aliphatic heterocycles. The van der Waals surface area contributed by atoms with E-state index in [0.29, 0.717) is 19.1 Å². The van der Waals surface area contributed by atoms with E-state index in [2.05, 4.69) is 10.2 Å². The highest BCUT2D eigenvalue weighted by Crippen LogP contribution is 2.20. The Morgan fingerprint density at radius 3 is 2.00 bits per heavy atom. The monoisotopic (exact) mass is 296 g/mol. The van der Waals surface area contributed by atoms with Crippen molar-refractivity contribution in [2.24, 2.45) is 0 Å². The van der Waals surface area contributed by atoms with Gasteiger partial charge in [-0.1, -0.05) is 17.7 Å². The molecule has 0 amide bonds. The maximum absolute atomic E-state index is 5.63. The van der Waals surface area contributed by atoms with E-state index in [0.717, 1.165) is 17.1 Å². The highest BCUT2D eigenvalue weighted by atomic mass is 16.5. The molecule has 0 spiro atoms. The van der Waals surface area contributed by atoms with Crippen LogP contribution in [0.3, 0.4) is 0 Å². The molecule has 3 rings (SSSR count). The lowest BCUT2D eigenvalue weighted by atomic mass is 10.2. The van der Waals surface area contributed by atoms with Gasteiger partial charge < -0.3 is 13.9 Å². The molecule has 112 valence electrons. The molecule has 2 aromatic carbocycles. The zero-order valence-corrected chi connectivity index (χ0v) is 12.2. The van der Waals surface area contributed by atoms with Gasteiger partial charge in [0.1, 0.15) is 24.7 Å². The van der Waals surface area contributed by atoms with Crippen molar-refractivity contribution in [3.05, 3.63) is 60.5 Å². The van der Waals surface area contributed by atoms with Crippen LogP contribution in [0.1, 0.15) is 5.56 Å². The minimum Gasteiger partial charge on any atom is -0.490 e. The van der Waals surface area contributed by atoms with E-state index in [4.69, 9.17) is 13.9 Å². The predicted molar refractivity (Wildman–Crippen MR) is 81.9 cm³/mol. The third-order valence-electron chi connectivity index (χ3n) is 3.10. The summed E-state index contributed by atoms with van der Waals surface area (Å²) >= 11 is 0. The molecule has 0 bridgehead atoms. The number of aromatic nitrogens is 2. The van der Waals surface area contributed by atoms with Crippen LogP contribution >= 0.6 is 0 Å². The van der Waals surface area contributed by atoms with Gasteiger partial charge in [-0.3, -0.25) is 0 Å². The van der Waals surface area contributed by atoms with E-state index in [-0.39, 0.29) is 0 Å². The van der Waals surface area contributed by atoms with Crippen LogP contribution < -0.4 is 9.47 Å². The smallest absolute Gasteiger partial charge is 0.247 e. The van der Waals surface area contributed by atoms with E-state index in [9.17, 15) is 0 Å². The summed E-state index contributed by atoms with van der Waals surface area (Å²) in [6.45, 7) is 3.02. The molecular formula is C17H16N2O3. The summed E-state index contributed by atoms with van der Waals surface area (Å²) in [4.78, 5) is 0. The molecule has 0 radical (unpaired) electrons. The number of rotatable bonds is 6. The highest BCUT2D eigenvalue weighted by molar-refractivity contribution is 5.53. The second-order valence-corrected chi connectivity index (χ2v) is 4.78. The SMILES string of the molecule is Cc1ccc(OCCOc2ccc(-c3nnco3)cc2)cc1. The van der Waals surface area contributed by atoms with E-state index in [1.165, 1.54) is 12.0 Å². The summed E-state index contributed by atoms with van der Waals surface area (Å²) in [5.74, 6) is 2.12. The van der Waals surface area contributed by atoms with Crippen molar-refractivity contribution >= 4 is 0 Å². The minimum absolute atomic E-state index is 0.480. The largest absolute Gasteiger partial charge is 0.490 e. The topological polar surface area (TPSA) is 57.4 Å². The van der Waals surface area contributed by atoms with Crippen molar-refractivity contribution < 1.29 is 13.9 Å². The van der Waals surface area contributed by atoms with Crippen LogP contribution in [0.5, 0.6) is 11.5 Å². The number of ether oxygens (including phenoxy) is 2. The first-order valence-corrected chi connectivity index (χ1v) is 7.00. The normalized spacial score (nSPS) is 10.4. The zero-order chi connectivity index (χ0) is 15.2. The van der Waals surface area contributed by atoms with Crippen LogP contribution in [0.15, 0.2) is 59.3 Å². The van der Waals surface area contributed by atoms with Gasteiger partial charge in [-0.05, 0) is 43.3 Å². The van der Waals surface area contributed by atoms with Crippen molar-refractivity contribution in [2.45, 2.75) is 6.92 Å². The van der Waals surface area contributed by atoms with Gasteiger partial charge in [0.15, 0.2) is 0 Å². The Labute approximate surface area is 128 Å². The van der Waals surface area contributed by atoms with Crippen molar-refractivity contribution in [2.75, 3.05) is 13.2 Å². The fraction of sp³-hybridized carbons (Fsp3) is 0.176. The van der Waals surface area contributed by atoms with E-state index in [1.807, 2.05) is 55.5 Å². The predicted octanol–water partition coefficient (Wildman–Crippen LogP) is 3.50. The third-order valence-corrected chi connectivity index (χ3v) is 3.10. The van der Waals surface area contributed by atoms with Gasteiger partial charge >= 0.3 is 0 Å². The number of benzene rings is 2. The van der Waals surface area contributed by atoms with Crippen molar-refractivity contribution in [1.29, 1.82) is 0 Å². The number of aryl methyl sites for hydroxylation is 1. The molecule has 0 atom stereocenters. The van der Waals surface area contributed by atoms with Crippen molar-refractivity contribution in [3.8, 4) is 23.0 Å². The fourth-order valence-corrected chi connectivity index (χ4v) is 1.95. The van der Waals surface area contributed by atoms with E-state index < -0.39 is 0 Å². The lowest BCUT2D eigenvalue weighted by Crippen LogP contribution is -2.08. The van der Waals surface area contributed by atoms with E-state index >= 15 is 0 Å². The summed E-state index contributed by atoms with van der Waals surface area (Å²) in [5, 5.41) is 7.51. The van der Waals surface area contributed by atoms with Crippen LogP contribution in [0.4, 0.5) is 0 Å². The lowest BCUT2D eigenvalue weighted by Gasteiger charge is -2.08. The van der Waals surface area contributed by atoms with Gasteiger partial charge in [-0.25, -0.2) is 0 Å². The number of hydrogen-bond donors (Lipinski definition) is 0. The van der Waals surface area contributed by atoms with Crippen molar-refractivity contribution in [3.63, 3.8) is 0 Å². The van der Waals surface area contributed by atoms with E-state index in [1.54, 1.807) is 0 Å². The van der Waals surface area contributed by atoms with Gasteiger partial charge in [0.2, 0.25) is 12.3 Å².